The van der Waals surface area contributed by atoms with Gasteiger partial charge >= 0.3 is 5.97 Å². The maximum atomic E-state index is 11.2. The zero-order chi connectivity index (χ0) is 11.9. The number of hydrogen-bond donors (Lipinski definition) is 2. The highest BCUT2D eigenvalue weighted by atomic mass is 16.4. The largest absolute Gasteiger partial charge is 0.481 e. The van der Waals surface area contributed by atoms with Gasteiger partial charge in [-0.05, 0) is 44.9 Å². The Labute approximate surface area is 91.5 Å². The monoisotopic (exact) mass is 214 g/mol. The van der Waals surface area contributed by atoms with E-state index in [2.05, 4.69) is 6.92 Å². The lowest BCUT2D eigenvalue weighted by Gasteiger charge is -2.48. The summed E-state index contributed by atoms with van der Waals surface area (Å²) in [5, 5.41) is 19.8. The molecule has 1 aliphatic rings. The highest BCUT2D eigenvalue weighted by Crippen LogP contribution is 2.47. The number of carbonyl (C=O) groups is 1. The SMILES string of the molecule is CC1CCC(O)(C(C)(C)C(=O)O)C(C)C1. The van der Waals surface area contributed by atoms with Gasteiger partial charge in [-0.3, -0.25) is 4.79 Å². The van der Waals surface area contributed by atoms with Gasteiger partial charge in [0.15, 0.2) is 0 Å². The van der Waals surface area contributed by atoms with E-state index in [1.807, 2.05) is 6.92 Å². The highest BCUT2D eigenvalue weighted by Gasteiger charge is 2.53. The first-order valence-electron chi connectivity index (χ1n) is 5.67. The third-order valence-corrected chi connectivity index (χ3v) is 4.21. The molecule has 0 saturated heterocycles. The lowest BCUT2D eigenvalue weighted by molar-refractivity contribution is -0.180. The summed E-state index contributed by atoms with van der Waals surface area (Å²) in [7, 11) is 0. The molecule has 0 bridgehead atoms. The fraction of sp³-hybridized carbons (Fsp3) is 0.917. The minimum atomic E-state index is -1.06. The van der Waals surface area contributed by atoms with Crippen molar-refractivity contribution in [3.8, 4) is 0 Å². The Morgan fingerprint density at radius 3 is 2.33 bits per heavy atom. The van der Waals surface area contributed by atoms with E-state index in [-0.39, 0.29) is 5.92 Å². The molecular weight excluding hydrogens is 192 g/mol. The van der Waals surface area contributed by atoms with Crippen molar-refractivity contribution in [1.29, 1.82) is 0 Å². The Morgan fingerprint density at radius 2 is 1.93 bits per heavy atom. The zero-order valence-electron chi connectivity index (χ0n) is 10.1. The number of carboxylic acid groups (broad SMARTS) is 1. The summed E-state index contributed by atoms with van der Waals surface area (Å²) in [5.41, 5.74) is -2.13. The summed E-state index contributed by atoms with van der Waals surface area (Å²) in [5.74, 6) is -0.274. The maximum Gasteiger partial charge on any atom is 0.312 e. The summed E-state index contributed by atoms with van der Waals surface area (Å²) >= 11 is 0. The summed E-state index contributed by atoms with van der Waals surface area (Å²) in [6.45, 7) is 7.37. The van der Waals surface area contributed by atoms with E-state index in [4.69, 9.17) is 0 Å². The van der Waals surface area contributed by atoms with Crippen molar-refractivity contribution in [3.05, 3.63) is 0 Å². The minimum Gasteiger partial charge on any atom is -0.481 e. The molecule has 15 heavy (non-hydrogen) atoms. The Balaban J connectivity index is 2.96. The third-order valence-electron chi connectivity index (χ3n) is 4.21. The van der Waals surface area contributed by atoms with Crippen LogP contribution in [0.3, 0.4) is 0 Å². The molecule has 3 atom stereocenters. The van der Waals surface area contributed by atoms with Crippen LogP contribution in [0.1, 0.15) is 47.0 Å². The van der Waals surface area contributed by atoms with Gasteiger partial charge in [-0.2, -0.15) is 0 Å². The van der Waals surface area contributed by atoms with E-state index in [0.29, 0.717) is 12.3 Å². The molecule has 3 heteroatoms. The van der Waals surface area contributed by atoms with Crippen LogP contribution < -0.4 is 0 Å². The Bertz CT molecular complexity index is 260. The van der Waals surface area contributed by atoms with E-state index in [1.165, 1.54) is 0 Å². The number of aliphatic hydroxyl groups is 1. The molecule has 0 heterocycles. The number of carboxylic acids is 1. The number of hydrogen-bond acceptors (Lipinski definition) is 2. The molecule has 3 unspecified atom stereocenters. The minimum absolute atomic E-state index is 0.0485. The van der Waals surface area contributed by atoms with Gasteiger partial charge in [-0.15, -0.1) is 0 Å². The Hall–Kier alpha value is -0.570. The molecule has 3 nitrogen and oxygen atoms in total. The van der Waals surface area contributed by atoms with E-state index in [0.717, 1.165) is 12.8 Å². The van der Waals surface area contributed by atoms with Crippen molar-refractivity contribution >= 4 is 5.97 Å². The van der Waals surface area contributed by atoms with Gasteiger partial charge in [0.25, 0.3) is 0 Å². The first-order chi connectivity index (χ1) is 6.72. The van der Waals surface area contributed by atoms with Gasteiger partial charge in [-0.25, -0.2) is 0 Å². The van der Waals surface area contributed by atoms with Crippen LogP contribution >= 0.6 is 0 Å². The zero-order valence-corrected chi connectivity index (χ0v) is 10.1. The highest BCUT2D eigenvalue weighted by molar-refractivity contribution is 5.75. The second-order valence-electron chi connectivity index (χ2n) is 5.64. The van der Waals surface area contributed by atoms with Crippen molar-refractivity contribution in [1.82, 2.24) is 0 Å². The lowest BCUT2D eigenvalue weighted by atomic mass is 9.60. The van der Waals surface area contributed by atoms with Crippen LogP contribution in [-0.2, 0) is 4.79 Å². The summed E-state index contributed by atoms with van der Waals surface area (Å²) in [6.07, 6.45) is 2.42. The van der Waals surface area contributed by atoms with E-state index in [1.54, 1.807) is 13.8 Å². The normalized spacial score (nSPS) is 37.7. The second-order valence-corrected chi connectivity index (χ2v) is 5.64. The molecule has 0 amide bonds. The molecule has 1 saturated carbocycles. The van der Waals surface area contributed by atoms with Crippen molar-refractivity contribution in [2.75, 3.05) is 0 Å². The molecule has 0 aromatic rings. The third kappa shape index (κ3) is 1.89. The number of aliphatic carboxylic acids is 1. The first-order valence-corrected chi connectivity index (χ1v) is 5.67. The van der Waals surface area contributed by atoms with Gasteiger partial charge in [-0.1, -0.05) is 13.8 Å². The van der Waals surface area contributed by atoms with Crippen LogP contribution in [-0.4, -0.2) is 21.8 Å². The lowest BCUT2D eigenvalue weighted by Crippen LogP contribution is -2.56. The Kier molecular flexibility index (Phi) is 3.15. The van der Waals surface area contributed by atoms with Crippen LogP contribution in [0.4, 0.5) is 0 Å². The standard InChI is InChI=1S/C12H22O3/c1-8-5-6-12(15,9(2)7-8)11(3,4)10(13)14/h8-9,15H,5-7H2,1-4H3,(H,13,14). The van der Waals surface area contributed by atoms with Gasteiger partial charge in [0.2, 0.25) is 0 Å². The molecule has 0 aromatic heterocycles. The van der Waals surface area contributed by atoms with Gasteiger partial charge in [0.1, 0.15) is 0 Å². The topological polar surface area (TPSA) is 57.5 Å². The molecule has 88 valence electrons. The van der Waals surface area contributed by atoms with Gasteiger partial charge < -0.3 is 10.2 Å². The predicted octanol–water partition coefficient (Wildman–Crippen LogP) is 2.28. The smallest absolute Gasteiger partial charge is 0.312 e. The molecule has 1 aliphatic carbocycles. The fourth-order valence-electron chi connectivity index (χ4n) is 2.74. The van der Waals surface area contributed by atoms with Crippen molar-refractivity contribution in [2.24, 2.45) is 17.3 Å². The number of rotatable bonds is 2. The van der Waals surface area contributed by atoms with Gasteiger partial charge in [0, 0.05) is 0 Å². The van der Waals surface area contributed by atoms with Gasteiger partial charge in [0.05, 0.1) is 11.0 Å². The van der Waals surface area contributed by atoms with Crippen LogP contribution in [0.15, 0.2) is 0 Å². The molecule has 0 radical (unpaired) electrons. The average molecular weight is 214 g/mol. The molecule has 0 spiro atoms. The van der Waals surface area contributed by atoms with Crippen molar-refractivity contribution in [3.63, 3.8) is 0 Å². The summed E-state index contributed by atoms with van der Waals surface area (Å²) in [6, 6.07) is 0. The first kappa shape index (κ1) is 12.5. The van der Waals surface area contributed by atoms with Crippen LogP contribution in [0.5, 0.6) is 0 Å². The second kappa shape index (κ2) is 3.78. The fourth-order valence-corrected chi connectivity index (χ4v) is 2.74. The molecule has 1 fully saturated rings. The van der Waals surface area contributed by atoms with E-state index >= 15 is 0 Å². The average Bonchev–Trinajstić information content (AvgIpc) is 2.11. The van der Waals surface area contributed by atoms with E-state index in [9.17, 15) is 15.0 Å². The maximum absolute atomic E-state index is 11.2. The van der Waals surface area contributed by atoms with Crippen molar-refractivity contribution < 1.29 is 15.0 Å². The molecule has 0 aromatic carbocycles. The van der Waals surface area contributed by atoms with E-state index < -0.39 is 17.0 Å². The summed E-state index contributed by atoms with van der Waals surface area (Å²) < 4.78 is 0. The predicted molar refractivity (Wildman–Crippen MR) is 58.5 cm³/mol. The van der Waals surface area contributed by atoms with Crippen LogP contribution in [0, 0.1) is 17.3 Å². The molecular formula is C12H22O3. The van der Waals surface area contributed by atoms with Crippen LogP contribution in [0.25, 0.3) is 0 Å². The molecule has 1 rings (SSSR count). The molecule has 2 N–H and O–H groups in total. The molecule has 0 aliphatic heterocycles. The Morgan fingerprint density at radius 1 is 1.40 bits per heavy atom. The van der Waals surface area contributed by atoms with Crippen LogP contribution in [0.2, 0.25) is 0 Å². The quantitative estimate of drug-likeness (QED) is 0.741. The summed E-state index contributed by atoms with van der Waals surface area (Å²) in [4.78, 5) is 11.2. The van der Waals surface area contributed by atoms with Crippen molar-refractivity contribution in [2.45, 2.75) is 52.6 Å².